The van der Waals surface area contributed by atoms with Crippen LogP contribution in [0.1, 0.15) is 49.7 Å². The Kier molecular flexibility index (Phi) is 5.70. The third kappa shape index (κ3) is 3.33. The minimum Gasteiger partial charge on any atom is -0.497 e. The van der Waals surface area contributed by atoms with E-state index in [2.05, 4.69) is 24.3 Å². The predicted octanol–water partition coefficient (Wildman–Crippen LogP) is 4.52. The maximum Gasteiger partial charge on any atom is 0.147 e. The van der Waals surface area contributed by atoms with Crippen molar-refractivity contribution in [3.8, 4) is 5.75 Å². The molecule has 0 spiro atoms. The quantitative estimate of drug-likeness (QED) is 0.620. The first-order chi connectivity index (χ1) is 13.7. The van der Waals surface area contributed by atoms with Gasteiger partial charge in [-0.2, -0.15) is 0 Å². The number of allylic oxidation sites excluding steroid dienone is 4. The van der Waals surface area contributed by atoms with Crippen molar-refractivity contribution in [2.24, 2.45) is 5.41 Å². The van der Waals surface area contributed by atoms with Crippen molar-refractivity contribution in [3.05, 3.63) is 46.5 Å². The second kappa shape index (κ2) is 8.22. The van der Waals surface area contributed by atoms with Crippen LogP contribution in [0.4, 0.5) is 0 Å². The molecule has 0 fully saturated rings. The third-order valence-electron chi connectivity index (χ3n) is 6.64. The molecule has 0 saturated carbocycles. The summed E-state index contributed by atoms with van der Waals surface area (Å²) >= 11 is 0. The van der Waals surface area contributed by atoms with Crippen molar-refractivity contribution in [2.75, 3.05) is 34.0 Å². The topological polar surface area (TPSA) is 44.8 Å². The Morgan fingerprint density at radius 3 is 2.75 bits per heavy atom. The number of hydrogen-bond acceptors (Lipinski definition) is 4. The van der Waals surface area contributed by atoms with E-state index in [4.69, 9.17) is 14.2 Å². The van der Waals surface area contributed by atoms with Gasteiger partial charge in [-0.25, -0.2) is 0 Å². The summed E-state index contributed by atoms with van der Waals surface area (Å²) < 4.78 is 16.1. The van der Waals surface area contributed by atoms with Gasteiger partial charge >= 0.3 is 0 Å². The smallest absolute Gasteiger partial charge is 0.147 e. The van der Waals surface area contributed by atoms with E-state index in [9.17, 15) is 4.79 Å². The number of aryl methyl sites for hydroxylation is 1. The standard InChI is InChI=1S/C24H30O4/c1-26-14-15-28-13-3-11-24-12-10-20-19-7-5-18(27-2)16-17(19)4-6-21(20)22(24)8-9-23(24)25/h5,7-8,16H,3-4,6,9-15H2,1-2H3/t24-/m0/s1. The maximum absolute atomic E-state index is 12.9. The Bertz CT molecular complexity index is 820. The number of carbonyl (C=O) groups is 1. The minimum atomic E-state index is -0.270. The second-order valence-electron chi connectivity index (χ2n) is 8.02. The van der Waals surface area contributed by atoms with Gasteiger partial charge in [-0.15, -0.1) is 0 Å². The summed E-state index contributed by atoms with van der Waals surface area (Å²) in [7, 11) is 3.40. The van der Waals surface area contributed by atoms with Crippen LogP contribution in [0, 0.1) is 5.41 Å². The van der Waals surface area contributed by atoms with Crippen LogP contribution in [0.25, 0.3) is 5.57 Å². The van der Waals surface area contributed by atoms with E-state index in [0.717, 1.165) is 44.3 Å². The highest BCUT2D eigenvalue weighted by Crippen LogP contribution is 2.56. The Labute approximate surface area is 167 Å². The molecule has 28 heavy (non-hydrogen) atoms. The molecule has 0 amide bonds. The molecule has 4 rings (SSSR count). The number of ketones is 1. The van der Waals surface area contributed by atoms with Crippen LogP contribution < -0.4 is 4.74 Å². The Balaban J connectivity index is 1.55. The van der Waals surface area contributed by atoms with Crippen molar-refractivity contribution in [3.63, 3.8) is 0 Å². The fourth-order valence-electron chi connectivity index (χ4n) is 5.23. The van der Waals surface area contributed by atoms with E-state index < -0.39 is 0 Å². The number of fused-ring (bicyclic) bond motifs is 4. The highest BCUT2D eigenvalue weighted by atomic mass is 16.5. The van der Waals surface area contributed by atoms with Gasteiger partial charge in [0.15, 0.2) is 0 Å². The van der Waals surface area contributed by atoms with E-state index in [1.54, 1.807) is 14.2 Å². The molecule has 150 valence electrons. The van der Waals surface area contributed by atoms with E-state index in [1.165, 1.54) is 27.8 Å². The van der Waals surface area contributed by atoms with Gasteiger partial charge in [-0.05, 0) is 78.5 Å². The van der Waals surface area contributed by atoms with Gasteiger partial charge < -0.3 is 14.2 Å². The second-order valence-corrected chi connectivity index (χ2v) is 8.02. The number of Topliss-reactive ketones (excluding diaryl/α,β-unsaturated/α-hetero) is 1. The Morgan fingerprint density at radius 2 is 1.93 bits per heavy atom. The predicted molar refractivity (Wildman–Crippen MR) is 110 cm³/mol. The zero-order valence-corrected chi connectivity index (χ0v) is 17.0. The molecule has 3 aliphatic rings. The number of benzene rings is 1. The molecule has 3 aliphatic carbocycles. The van der Waals surface area contributed by atoms with E-state index in [0.29, 0.717) is 32.0 Å². The van der Waals surface area contributed by atoms with Crippen LogP contribution in [0.3, 0.4) is 0 Å². The van der Waals surface area contributed by atoms with Crippen LogP contribution in [-0.4, -0.2) is 39.8 Å². The molecule has 1 aromatic rings. The lowest BCUT2D eigenvalue weighted by atomic mass is 9.63. The molecule has 0 saturated heterocycles. The largest absolute Gasteiger partial charge is 0.497 e. The van der Waals surface area contributed by atoms with Gasteiger partial charge in [0.05, 0.1) is 25.7 Å². The molecule has 0 unspecified atom stereocenters. The van der Waals surface area contributed by atoms with Gasteiger partial charge in [-0.3, -0.25) is 4.79 Å². The van der Waals surface area contributed by atoms with Gasteiger partial charge in [0.25, 0.3) is 0 Å². The van der Waals surface area contributed by atoms with Gasteiger partial charge in [0.1, 0.15) is 11.5 Å². The average molecular weight is 383 g/mol. The van der Waals surface area contributed by atoms with Crippen molar-refractivity contribution in [1.82, 2.24) is 0 Å². The molecule has 0 heterocycles. The van der Waals surface area contributed by atoms with E-state index in [1.807, 2.05) is 0 Å². The highest BCUT2D eigenvalue weighted by molar-refractivity contribution is 5.97. The molecule has 4 nitrogen and oxygen atoms in total. The molecule has 0 aliphatic heterocycles. The van der Waals surface area contributed by atoms with Crippen LogP contribution in [0.15, 0.2) is 35.4 Å². The average Bonchev–Trinajstić information content (AvgIpc) is 3.06. The minimum absolute atomic E-state index is 0.270. The van der Waals surface area contributed by atoms with Gasteiger partial charge in [0.2, 0.25) is 0 Å². The molecule has 0 aromatic heterocycles. The van der Waals surface area contributed by atoms with Gasteiger partial charge in [0, 0.05) is 20.1 Å². The van der Waals surface area contributed by atoms with Crippen LogP contribution >= 0.6 is 0 Å². The first kappa shape index (κ1) is 19.4. The SMILES string of the molecule is COCCOCCC[C@]12CCC3=C(CCc4cc(OC)ccc43)C1=CCC2=O. The third-order valence-corrected chi connectivity index (χ3v) is 6.64. The fourth-order valence-corrected chi connectivity index (χ4v) is 5.23. The lowest BCUT2D eigenvalue weighted by molar-refractivity contribution is -0.125. The van der Waals surface area contributed by atoms with Crippen molar-refractivity contribution in [1.29, 1.82) is 0 Å². The van der Waals surface area contributed by atoms with E-state index in [-0.39, 0.29) is 5.41 Å². The summed E-state index contributed by atoms with van der Waals surface area (Å²) in [5.41, 5.74) is 6.69. The maximum atomic E-state index is 12.9. The highest BCUT2D eigenvalue weighted by Gasteiger charge is 2.48. The van der Waals surface area contributed by atoms with Crippen LogP contribution in [-0.2, 0) is 20.7 Å². The summed E-state index contributed by atoms with van der Waals surface area (Å²) in [4.78, 5) is 12.9. The molecule has 0 N–H and O–H groups in total. The Hall–Kier alpha value is -1.91. The monoisotopic (exact) mass is 382 g/mol. The molecular weight excluding hydrogens is 352 g/mol. The van der Waals surface area contributed by atoms with Crippen LogP contribution in [0.5, 0.6) is 5.75 Å². The number of ether oxygens (including phenoxy) is 3. The first-order valence-electron chi connectivity index (χ1n) is 10.4. The fraction of sp³-hybridized carbons (Fsp3) is 0.542. The zero-order chi connectivity index (χ0) is 19.6. The number of methoxy groups -OCH3 is 2. The summed E-state index contributed by atoms with van der Waals surface area (Å²) in [6.45, 7) is 1.94. The van der Waals surface area contributed by atoms with Crippen molar-refractivity contribution in [2.45, 2.75) is 44.9 Å². The Morgan fingerprint density at radius 1 is 1.04 bits per heavy atom. The number of hydrogen-bond donors (Lipinski definition) is 0. The number of rotatable bonds is 8. The molecule has 4 heteroatoms. The molecular formula is C24H30O4. The summed E-state index contributed by atoms with van der Waals surface area (Å²) in [5, 5.41) is 0. The summed E-state index contributed by atoms with van der Waals surface area (Å²) in [6, 6.07) is 6.44. The molecule has 0 bridgehead atoms. The molecule has 1 aromatic carbocycles. The van der Waals surface area contributed by atoms with Crippen molar-refractivity contribution < 1.29 is 19.0 Å². The first-order valence-corrected chi connectivity index (χ1v) is 10.4. The lowest BCUT2D eigenvalue weighted by Gasteiger charge is -2.40. The van der Waals surface area contributed by atoms with E-state index >= 15 is 0 Å². The van der Waals surface area contributed by atoms with Gasteiger partial charge in [-0.1, -0.05) is 12.1 Å². The lowest BCUT2D eigenvalue weighted by Crippen LogP contribution is -2.34. The summed E-state index contributed by atoms with van der Waals surface area (Å²) in [5.74, 6) is 1.34. The summed E-state index contributed by atoms with van der Waals surface area (Å²) in [6.07, 6.45) is 8.60. The molecule has 0 radical (unpaired) electrons. The molecule has 1 atom stereocenters. The normalized spacial score (nSPS) is 23.2. The van der Waals surface area contributed by atoms with Crippen LogP contribution in [0.2, 0.25) is 0 Å². The van der Waals surface area contributed by atoms with Crippen molar-refractivity contribution >= 4 is 11.4 Å². The zero-order valence-electron chi connectivity index (χ0n) is 17.0. The number of carbonyl (C=O) groups excluding carboxylic acids is 1.